The summed E-state index contributed by atoms with van der Waals surface area (Å²) in [6.07, 6.45) is 1.09. The van der Waals surface area contributed by atoms with Gasteiger partial charge in [0, 0.05) is 5.56 Å². The number of aryl methyl sites for hydroxylation is 1. The Morgan fingerprint density at radius 2 is 1.95 bits per heavy atom. The van der Waals surface area contributed by atoms with Crippen LogP contribution in [0, 0.1) is 6.92 Å². The van der Waals surface area contributed by atoms with Crippen LogP contribution in [0.15, 0.2) is 29.0 Å². The van der Waals surface area contributed by atoms with E-state index in [2.05, 4.69) is 36.0 Å². The Bertz CT molecular complexity index is 580. The van der Waals surface area contributed by atoms with E-state index in [-0.39, 0.29) is 6.04 Å². The fraction of sp³-hybridized carbons (Fsp3) is 0.412. The summed E-state index contributed by atoms with van der Waals surface area (Å²) in [5, 5.41) is 8.02. The van der Waals surface area contributed by atoms with Crippen LogP contribution in [0.5, 0.6) is 11.5 Å². The van der Waals surface area contributed by atoms with Crippen LogP contribution >= 0.6 is 11.3 Å². The van der Waals surface area contributed by atoms with Gasteiger partial charge in [0.1, 0.15) is 11.5 Å². The summed E-state index contributed by atoms with van der Waals surface area (Å²) in [4.78, 5) is 0. The minimum absolute atomic E-state index is 0.126. The summed E-state index contributed by atoms with van der Waals surface area (Å²) in [6, 6.07) is 6.08. The van der Waals surface area contributed by atoms with E-state index in [0.717, 1.165) is 30.0 Å². The molecular formula is C17H23NO2S. The third-order valence-corrected chi connectivity index (χ3v) is 4.43. The summed E-state index contributed by atoms with van der Waals surface area (Å²) >= 11 is 1.73. The van der Waals surface area contributed by atoms with Gasteiger partial charge in [-0.25, -0.2) is 0 Å². The molecule has 0 saturated carbocycles. The largest absolute Gasteiger partial charge is 0.497 e. The molecule has 0 fully saturated rings. The summed E-state index contributed by atoms with van der Waals surface area (Å²) in [5.74, 6) is 1.73. The van der Waals surface area contributed by atoms with Crippen molar-refractivity contribution < 1.29 is 9.47 Å². The molecule has 2 aromatic rings. The molecule has 0 saturated heterocycles. The topological polar surface area (TPSA) is 30.5 Å². The Labute approximate surface area is 130 Å². The number of thiophene rings is 1. The third kappa shape index (κ3) is 3.57. The molecular weight excluding hydrogens is 282 g/mol. The average molecular weight is 305 g/mol. The SMILES string of the molecule is CCCNC(c1cscc1C)c1cc(OC)ccc1OC. The number of hydrogen-bond acceptors (Lipinski definition) is 4. The van der Waals surface area contributed by atoms with Crippen molar-refractivity contribution in [3.63, 3.8) is 0 Å². The van der Waals surface area contributed by atoms with E-state index < -0.39 is 0 Å². The lowest BCUT2D eigenvalue weighted by Crippen LogP contribution is -2.24. The molecule has 114 valence electrons. The lowest BCUT2D eigenvalue weighted by Gasteiger charge is -2.22. The first-order chi connectivity index (χ1) is 10.2. The molecule has 0 spiro atoms. The van der Waals surface area contributed by atoms with Crippen LogP contribution in [-0.2, 0) is 0 Å². The van der Waals surface area contributed by atoms with Crippen LogP contribution in [0.2, 0.25) is 0 Å². The van der Waals surface area contributed by atoms with Crippen LogP contribution in [-0.4, -0.2) is 20.8 Å². The molecule has 2 rings (SSSR count). The Morgan fingerprint density at radius 1 is 1.14 bits per heavy atom. The summed E-state index contributed by atoms with van der Waals surface area (Å²) in [5.41, 5.74) is 3.73. The molecule has 3 nitrogen and oxygen atoms in total. The molecule has 1 aromatic heterocycles. The molecule has 0 aliphatic carbocycles. The van der Waals surface area contributed by atoms with Gasteiger partial charge in [-0.2, -0.15) is 11.3 Å². The second kappa shape index (κ2) is 7.48. The summed E-state index contributed by atoms with van der Waals surface area (Å²) in [7, 11) is 3.40. The Kier molecular flexibility index (Phi) is 5.65. The van der Waals surface area contributed by atoms with Gasteiger partial charge in [-0.3, -0.25) is 0 Å². The van der Waals surface area contributed by atoms with Crippen LogP contribution in [0.1, 0.15) is 36.1 Å². The molecule has 1 aromatic carbocycles. The lowest BCUT2D eigenvalue weighted by atomic mass is 9.97. The second-order valence-corrected chi connectivity index (χ2v) is 5.75. The monoisotopic (exact) mass is 305 g/mol. The van der Waals surface area contributed by atoms with Gasteiger partial charge in [-0.15, -0.1) is 0 Å². The number of rotatable bonds is 7. The van der Waals surface area contributed by atoms with Gasteiger partial charge in [-0.05, 0) is 60.0 Å². The zero-order valence-electron chi connectivity index (χ0n) is 13.1. The second-order valence-electron chi connectivity index (χ2n) is 5.01. The maximum atomic E-state index is 5.55. The van der Waals surface area contributed by atoms with Gasteiger partial charge in [0.25, 0.3) is 0 Å². The number of benzene rings is 1. The highest BCUT2D eigenvalue weighted by molar-refractivity contribution is 7.08. The van der Waals surface area contributed by atoms with Gasteiger partial charge in [0.2, 0.25) is 0 Å². The van der Waals surface area contributed by atoms with Crippen molar-refractivity contribution in [2.75, 3.05) is 20.8 Å². The van der Waals surface area contributed by atoms with Crippen molar-refractivity contribution in [2.24, 2.45) is 0 Å². The molecule has 0 radical (unpaired) electrons. The highest BCUT2D eigenvalue weighted by Gasteiger charge is 2.20. The molecule has 0 aliphatic rings. The smallest absolute Gasteiger partial charge is 0.124 e. The van der Waals surface area contributed by atoms with E-state index in [4.69, 9.17) is 9.47 Å². The maximum absolute atomic E-state index is 5.55. The van der Waals surface area contributed by atoms with Crippen molar-refractivity contribution >= 4 is 11.3 Å². The van der Waals surface area contributed by atoms with Gasteiger partial charge >= 0.3 is 0 Å². The molecule has 21 heavy (non-hydrogen) atoms. The summed E-state index contributed by atoms with van der Waals surface area (Å²) in [6.45, 7) is 5.28. The van der Waals surface area contributed by atoms with Crippen LogP contribution in [0.25, 0.3) is 0 Å². The first-order valence-electron chi connectivity index (χ1n) is 7.19. The molecule has 1 unspecified atom stereocenters. The van der Waals surface area contributed by atoms with Crippen molar-refractivity contribution in [2.45, 2.75) is 26.3 Å². The molecule has 0 bridgehead atoms. The van der Waals surface area contributed by atoms with E-state index in [0.29, 0.717) is 0 Å². The van der Waals surface area contributed by atoms with Gasteiger partial charge in [0.05, 0.1) is 20.3 Å². The highest BCUT2D eigenvalue weighted by atomic mass is 32.1. The van der Waals surface area contributed by atoms with E-state index in [1.807, 2.05) is 12.1 Å². The van der Waals surface area contributed by atoms with Gasteiger partial charge in [0.15, 0.2) is 0 Å². The van der Waals surface area contributed by atoms with Crippen LogP contribution in [0.3, 0.4) is 0 Å². The van der Waals surface area contributed by atoms with Crippen LogP contribution in [0.4, 0.5) is 0 Å². The molecule has 1 N–H and O–H groups in total. The van der Waals surface area contributed by atoms with Gasteiger partial charge < -0.3 is 14.8 Å². The highest BCUT2D eigenvalue weighted by Crippen LogP contribution is 2.35. The van der Waals surface area contributed by atoms with E-state index in [9.17, 15) is 0 Å². The Hall–Kier alpha value is -1.52. The first kappa shape index (κ1) is 15.9. The number of methoxy groups -OCH3 is 2. The Morgan fingerprint density at radius 3 is 2.52 bits per heavy atom. The van der Waals surface area contributed by atoms with Crippen LogP contribution < -0.4 is 14.8 Å². The molecule has 4 heteroatoms. The van der Waals surface area contributed by atoms with Gasteiger partial charge in [-0.1, -0.05) is 6.92 Å². The average Bonchev–Trinajstić information content (AvgIpc) is 2.93. The predicted molar refractivity (Wildman–Crippen MR) is 88.7 cm³/mol. The molecule has 0 amide bonds. The lowest BCUT2D eigenvalue weighted by molar-refractivity contribution is 0.393. The molecule has 1 atom stereocenters. The minimum atomic E-state index is 0.126. The van der Waals surface area contributed by atoms with E-state index >= 15 is 0 Å². The third-order valence-electron chi connectivity index (χ3n) is 3.55. The predicted octanol–water partition coefficient (Wildman–Crippen LogP) is 4.16. The fourth-order valence-electron chi connectivity index (χ4n) is 2.41. The molecule has 1 heterocycles. The number of hydrogen-bond donors (Lipinski definition) is 1. The van der Waals surface area contributed by atoms with Crippen molar-refractivity contribution in [3.05, 3.63) is 45.6 Å². The van der Waals surface area contributed by atoms with E-state index in [1.165, 1.54) is 11.1 Å². The standard InChI is InChI=1S/C17H23NO2S/c1-5-8-18-17(15-11-21-10-12(15)2)14-9-13(19-3)6-7-16(14)20-4/h6-7,9-11,17-18H,5,8H2,1-4H3. The minimum Gasteiger partial charge on any atom is -0.497 e. The molecule has 0 aliphatic heterocycles. The number of nitrogens with one attached hydrogen (secondary N) is 1. The zero-order valence-corrected chi connectivity index (χ0v) is 13.9. The quantitative estimate of drug-likeness (QED) is 0.833. The normalized spacial score (nSPS) is 12.2. The summed E-state index contributed by atoms with van der Waals surface area (Å²) < 4.78 is 10.9. The Balaban J connectivity index is 2.47. The van der Waals surface area contributed by atoms with Crippen molar-refractivity contribution in [1.82, 2.24) is 5.32 Å². The maximum Gasteiger partial charge on any atom is 0.124 e. The number of ether oxygens (including phenoxy) is 2. The fourth-order valence-corrected chi connectivity index (χ4v) is 3.28. The van der Waals surface area contributed by atoms with E-state index in [1.54, 1.807) is 25.6 Å². The first-order valence-corrected chi connectivity index (χ1v) is 8.13. The zero-order chi connectivity index (χ0) is 15.2. The van der Waals surface area contributed by atoms with Crippen molar-refractivity contribution in [1.29, 1.82) is 0 Å². The van der Waals surface area contributed by atoms with Crippen molar-refractivity contribution in [3.8, 4) is 11.5 Å².